The maximum atomic E-state index is 12.9. The van der Waals surface area contributed by atoms with E-state index in [-0.39, 0.29) is 24.0 Å². The molecule has 0 aromatic heterocycles. The van der Waals surface area contributed by atoms with E-state index in [0.717, 1.165) is 35.9 Å². The lowest BCUT2D eigenvalue weighted by molar-refractivity contribution is -0.143. The summed E-state index contributed by atoms with van der Waals surface area (Å²) in [6.45, 7) is 2.92. The van der Waals surface area contributed by atoms with Gasteiger partial charge in [0, 0.05) is 17.6 Å². The van der Waals surface area contributed by atoms with Gasteiger partial charge in [-0.2, -0.15) is 0 Å². The zero-order chi connectivity index (χ0) is 24.0. The molecule has 0 bridgehead atoms. The number of imide groups is 1. The molecule has 178 valence electrons. The third kappa shape index (κ3) is 6.29. The molecular weight excluding hydrogens is 516 g/mol. The Morgan fingerprint density at radius 3 is 2.48 bits per heavy atom. The first-order valence-electron chi connectivity index (χ1n) is 10.5. The number of nitrogens with zero attached hydrogens (tertiary/aromatic N) is 2. The number of likely N-dealkylation sites (tertiary alicyclic amines) is 1. The van der Waals surface area contributed by atoms with Crippen LogP contribution in [0.4, 0.5) is 4.79 Å². The van der Waals surface area contributed by atoms with Gasteiger partial charge >= 0.3 is 5.97 Å². The van der Waals surface area contributed by atoms with Gasteiger partial charge in [-0.05, 0) is 61.7 Å². The maximum Gasteiger partial charge on any atom is 0.343 e. The molecule has 0 saturated carbocycles. The molecule has 3 amide bonds. The number of ether oxygens (including phenoxy) is 3. The Hall–Kier alpha value is -2.53. The summed E-state index contributed by atoms with van der Waals surface area (Å²) in [7, 11) is 1.27. The fraction of sp³-hybridized carbons (Fsp3) is 0.455. The van der Waals surface area contributed by atoms with E-state index in [1.54, 1.807) is 30.0 Å². The summed E-state index contributed by atoms with van der Waals surface area (Å²) in [6, 6.07) is 3.26. The molecule has 1 aromatic rings. The summed E-state index contributed by atoms with van der Waals surface area (Å²) < 4.78 is 16.2. The van der Waals surface area contributed by atoms with Crippen molar-refractivity contribution in [3.05, 3.63) is 27.1 Å². The highest BCUT2D eigenvalue weighted by molar-refractivity contribution is 9.10. The van der Waals surface area contributed by atoms with E-state index in [9.17, 15) is 19.2 Å². The van der Waals surface area contributed by atoms with Crippen molar-refractivity contribution < 1.29 is 33.4 Å². The molecule has 2 saturated heterocycles. The van der Waals surface area contributed by atoms with Gasteiger partial charge in [0.05, 0.1) is 18.6 Å². The largest absolute Gasteiger partial charge is 0.490 e. The van der Waals surface area contributed by atoms with Crippen molar-refractivity contribution in [1.82, 2.24) is 9.80 Å². The Kier molecular flexibility index (Phi) is 8.79. The van der Waals surface area contributed by atoms with Gasteiger partial charge in [0.15, 0.2) is 18.1 Å². The first-order valence-corrected chi connectivity index (χ1v) is 12.1. The summed E-state index contributed by atoms with van der Waals surface area (Å²) in [6.07, 6.45) is 4.51. The monoisotopic (exact) mass is 540 g/mol. The SMILES string of the molecule is CCOc1cc(/C=C2\SC(=O)N(CC(=O)N3CCCCC3)C2=O)c(Br)cc1OCC(=O)OC. The number of benzene rings is 1. The number of hydrogen-bond acceptors (Lipinski definition) is 8. The molecule has 2 aliphatic rings. The molecule has 2 aliphatic heterocycles. The smallest absolute Gasteiger partial charge is 0.343 e. The average Bonchev–Trinajstić information content (AvgIpc) is 3.07. The summed E-state index contributed by atoms with van der Waals surface area (Å²) >= 11 is 4.22. The quantitative estimate of drug-likeness (QED) is 0.365. The van der Waals surface area contributed by atoms with E-state index in [0.29, 0.717) is 41.2 Å². The number of thioether (sulfide) groups is 1. The number of hydrogen-bond donors (Lipinski definition) is 0. The first-order chi connectivity index (χ1) is 15.8. The number of methoxy groups -OCH3 is 1. The highest BCUT2D eigenvalue weighted by Crippen LogP contribution is 2.38. The molecule has 0 unspecified atom stereocenters. The molecule has 0 atom stereocenters. The van der Waals surface area contributed by atoms with E-state index >= 15 is 0 Å². The number of rotatable bonds is 8. The van der Waals surface area contributed by atoms with Crippen LogP contribution in [-0.2, 0) is 19.1 Å². The molecule has 0 radical (unpaired) electrons. The molecule has 3 rings (SSSR count). The number of esters is 1. The highest BCUT2D eigenvalue weighted by atomic mass is 79.9. The van der Waals surface area contributed by atoms with Crippen LogP contribution in [0, 0.1) is 0 Å². The van der Waals surface area contributed by atoms with Gasteiger partial charge in [-0.3, -0.25) is 19.3 Å². The Morgan fingerprint density at radius 2 is 1.82 bits per heavy atom. The third-order valence-corrected chi connectivity index (χ3v) is 6.69. The maximum absolute atomic E-state index is 12.9. The number of carbonyl (C=O) groups excluding carboxylic acids is 4. The van der Waals surface area contributed by atoms with Crippen LogP contribution in [0.5, 0.6) is 11.5 Å². The predicted molar refractivity (Wildman–Crippen MR) is 126 cm³/mol. The van der Waals surface area contributed by atoms with Crippen molar-refractivity contribution in [3.63, 3.8) is 0 Å². The number of piperidine rings is 1. The summed E-state index contributed by atoms with van der Waals surface area (Å²) in [4.78, 5) is 52.1. The van der Waals surface area contributed by atoms with Gasteiger partial charge < -0.3 is 19.1 Å². The van der Waals surface area contributed by atoms with Crippen molar-refractivity contribution in [2.45, 2.75) is 26.2 Å². The van der Waals surface area contributed by atoms with Crippen molar-refractivity contribution in [2.75, 3.05) is 40.0 Å². The zero-order valence-corrected chi connectivity index (χ0v) is 20.8. The summed E-state index contributed by atoms with van der Waals surface area (Å²) in [5, 5.41) is -0.476. The second-order valence-corrected chi connectivity index (χ2v) is 9.18. The lowest BCUT2D eigenvalue weighted by atomic mass is 10.1. The predicted octanol–water partition coefficient (Wildman–Crippen LogP) is 3.45. The van der Waals surface area contributed by atoms with E-state index in [1.807, 2.05) is 0 Å². The Labute approximate surface area is 204 Å². The Balaban J connectivity index is 1.78. The van der Waals surface area contributed by atoms with Crippen LogP contribution in [0.1, 0.15) is 31.7 Å². The van der Waals surface area contributed by atoms with E-state index < -0.39 is 17.1 Å². The van der Waals surface area contributed by atoms with Crippen LogP contribution >= 0.6 is 27.7 Å². The minimum absolute atomic E-state index is 0.206. The molecular formula is C22H25BrN2O7S. The van der Waals surface area contributed by atoms with Crippen molar-refractivity contribution in [3.8, 4) is 11.5 Å². The van der Waals surface area contributed by atoms with E-state index in [1.165, 1.54) is 7.11 Å². The molecule has 2 heterocycles. The highest BCUT2D eigenvalue weighted by Gasteiger charge is 2.37. The van der Waals surface area contributed by atoms with Gasteiger partial charge in [-0.15, -0.1) is 0 Å². The standard InChI is InChI=1S/C22H25BrN2O7S/c1-3-31-16-9-14(15(23)11-17(16)32-13-20(27)30-2)10-18-21(28)25(22(29)33-18)12-19(26)24-7-5-4-6-8-24/h9-11H,3-8,12-13H2,1-2H3/b18-10-. The fourth-order valence-electron chi connectivity index (χ4n) is 3.39. The van der Waals surface area contributed by atoms with Crippen molar-refractivity contribution in [2.24, 2.45) is 0 Å². The van der Waals surface area contributed by atoms with Crippen LogP contribution in [0.3, 0.4) is 0 Å². The van der Waals surface area contributed by atoms with Gasteiger partial charge in [0.2, 0.25) is 5.91 Å². The van der Waals surface area contributed by atoms with Crippen molar-refractivity contribution >= 4 is 56.8 Å². The Bertz CT molecular complexity index is 976. The second-order valence-electron chi connectivity index (χ2n) is 7.33. The zero-order valence-electron chi connectivity index (χ0n) is 18.4. The summed E-state index contributed by atoms with van der Waals surface area (Å²) in [5.74, 6) is -0.566. The van der Waals surface area contributed by atoms with Gasteiger partial charge in [-0.1, -0.05) is 15.9 Å². The van der Waals surface area contributed by atoms with Gasteiger partial charge in [0.25, 0.3) is 11.1 Å². The molecule has 0 aliphatic carbocycles. The lowest BCUT2D eigenvalue weighted by Crippen LogP contribution is -2.44. The molecule has 11 heteroatoms. The van der Waals surface area contributed by atoms with Gasteiger partial charge in [0.1, 0.15) is 6.54 Å². The number of halogens is 1. The minimum Gasteiger partial charge on any atom is -0.490 e. The fourth-order valence-corrected chi connectivity index (χ4v) is 4.66. The summed E-state index contributed by atoms with van der Waals surface area (Å²) in [5.41, 5.74) is 0.580. The van der Waals surface area contributed by atoms with Crippen LogP contribution < -0.4 is 9.47 Å². The minimum atomic E-state index is -0.537. The first kappa shape index (κ1) is 25.1. The normalized spacial score (nSPS) is 17.5. The van der Waals surface area contributed by atoms with Crippen LogP contribution in [0.15, 0.2) is 21.5 Å². The molecule has 0 spiro atoms. The van der Waals surface area contributed by atoms with Gasteiger partial charge in [-0.25, -0.2) is 4.79 Å². The van der Waals surface area contributed by atoms with E-state index in [2.05, 4.69) is 20.7 Å². The second kappa shape index (κ2) is 11.6. The van der Waals surface area contributed by atoms with E-state index in [4.69, 9.17) is 9.47 Å². The Morgan fingerprint density at radius 1 is 1.12 bits per heavy atom. The molecule has 2 fully saturated rings. The van der Waals surface area contributed by atoms with Crippen LogP contribution in [-0.4, -0.2) is 72.8 Å². The number of carbonyl (C=O) groups is 4. The van der Waals surface area contributed by atoms with Crippen molar-refractivity contribution in [1.29, 1.82) is 0 Å². The average molecular weight is 541 g/mol. The lowest BCUT2D eigenvalue weighted by Gasteiger charge is -2.27. The molecule has 33 heavy (non-hydrogen) atoms. The topological polar surface area (TPSA) is 102 Å². The van der Waals surface area contributed by atoms with Crippen LogP contribution in [0.25, 0.3) is 6.08 Å². The number of amides is 3. The molecule has 0 N–H and O–H groups in total. The molecule has 1 aromatic carbocycles. The molecule has 9 nitrogen and oxygen atoms in total. The third-order valence-electron chi connectivity index (χ3n) is 5.10. The van der Waals surface area contributed by atoms with Crippen LogP contribution in [0.2, 0.25) is 0 Å².